The van der Waals surface area contributed by atoms with Crippen molar-refractivity contribution in [3.05, 3.63) is 12.3 Å². The van der Waals surface area contributed by atoms with E-state index in [0.717, 1.165) is 0 Å². The van der Waals surface area contributed by atoms with Gasteiger partial charge in [0.2, 0.25) is 11.8 Å². The van der Waals surface area contributed by atoms with Gasteiger partial charge in [0.25, 0.3) is 0 Å². The van der Waals surface area contributed by atoms with Gasteiger partial charge in [-0.2, -0.15) is 0 Å². The van der Waals surface area contributed by atoms with E-state index in [1.807, 2.05) is 6.92 Å². The van der Waals surface area contributed by atoms with E-state index in [4.69, 9.17) is 4.74 Å². The van der Waals surface area contributed by atoms with Crippen LogP contribution in [-0.2, 0) is 0 Å². The molecule has 0 aromatic carbocycles. The van der Waals surface area contributed by atoms with Gasteiger partial charge in [0.15, 0.2) is 0 Å². The Balaban J connectivity index is 2.54. The molecule has 1 heterocycles. The maximum absolute atomic E-state index is 10.8. The fourth-order valence-electron chi connectivity index (χ4n) is 0.760. The van der Waals surface area contributed by atoms with E-state index in [1.165, 1.54) is 11.6 Å². The summed E-state index contributed by atoms with van der Waals surface area (Å²) >= 11 is 3.34. The average Bonchev–Trinajstić information content (AvgIpc) is 2.48. The molecule has 0 spiro atoms. The van der Waals surface area contributed by atoms with E-state index in [1.54, 1.807) is 12.3 Å². The van der Waals surface area contributed by atoms with Crippen molar-refractivity contribution in [1.29, 1.82) is 0 Å². The monoisotopic (exact) mass is 246 g/mol. The van der Waals surface area contributed by atoms with Crippen molar-refractivity contribution in [3.63, 3.8) is 0 Å². The third kappa shape index (κ3) is 3.18. The van der Waals surface area contributed by atoms with Crippen LogP contribution in [0.15, 0.2) is 12.3 Å². The molecule has 0 saturated heterocycles. The van der Waals surface area contributed by atoms with Gasteiger partial charge in [-0.3, -0.25) is 4.79 Å². The van der Waals surface area contributed by atoms with E-state index < -0.39 is 0 Å². The van der Waals surface area contributed by atoms with Gasteiger partial charge < -0.3 is 4.74 Å². The van der Waals surface area contributed by atoms with Crippen molar-refractivity contribution >= 4 is 21.8 Å². The van der Waals surface area contributed by atoms with Gasteiger partial charge in [0.1, 0.15) is 6.61 Å². The van der Waals surface area contributed by atoms with E-state index in [9.17, 15) is 4.79 Å². The van der Waals surface area contributed by atoms with Crippen LogP contribution in [0.25, 0.3) is 0 Å². The zero-order valence-electron chi connectivity index (χ0n) is 7.53. The highest BCUT2D eigenvalue weighted by molar-refractivity contribution is 9.09. The summed E-state index contributed by atoms with van der Waals surface area (Å²) < 4.78 is 6.51. The molecule has 0 N–H and O–H groups in total. The van der Waals surface area contributed by atoms with E-state index in [2.05, 4.69) is 21.0 Å². The largest absolute Gasteiger partial charge is 0.475 e. The Hall–Kier alpha value is -0.840. The molecule has 0 bridgehead atoms. The maximum Gasteiger partial charge on any atom is 0.243 e. The molecule has 13 heavy (non-hydrogen) atoms. The molecule has 0 saturated carbocycles. The van der Waals surface area contributed by atoms with Crippen molar-refractivity contribution < 1.29 is 9.53 Å². The average molecular weight is 247 g/mol. The molecule has 72 valence electrons. The van der Waals surface area contributed by atoms with Gasteiger partial charge in [-0.1, -0.05) is 15.9 Å². The lowest BCUT2D eigenvalue weighted by molar-refractivity contribution is 0.0919. The van der Waals surface area contributed by atoms with Gasteiger partial charge in [-0.15, -0.1) is 5.10 Å². The molecule has 1 atom stereocenters. The minimum absolute atomic E-state index is 0.123. The molecule has 0 fully saturated rings. The first kappa shape index (κ1) is 10.2. The molecule has 0 aliphatic rings. The van der Waals surface area contributed by atoms with Gasteiger partial charge in [-0.25, -0.2) is 4.68 Å². The number of alkyl halides is 1. The smallest absolute Gasteiger partial charge is 0.243 e. The summed E-state index contributed by atoms with van der Waals surface area (Å²) in [7, 11) is 0. The number of carbonyl (C=O) groups is 1. The summed E-state index contributed by atoms with van der Waals surface area (Å²) in [5.41, 5.74) is 0. The molecular weight excluding hydrogens is 236 g/mol. The fourth-order valence-corrected chi connectivity index (χ4v) is 0.892. The summed E-state index contributed by atoms with van der Waals surface area (Å²) in [5, 5.41) is 3.91. The number of nitrogens with zero attached hydrogens (tertiary/aromatic N) is 2. The van der Waals surface area contributed by atoms with Crippen molar-refractivity contribution in [2.75, 3.05) is 6.61 Å². The van der Waals surface area contributed by atoms with E-state index in [-0.39, 0.29) is 10.7 Å². The summed E-state index contributed by atoms with van der Waals surface area (Å²) in [6, 6.07) is 1.66. The van der Waals surface area contributed by atoms with Crippen LogP contribution < -0.4 is 4.74 Å². The fraction of sp³-hybridized carbons (Fsp3) is 0.500. The molecule has 0 radical (unpaired) electrons. The molecule has 1 aromatic rings. The van der Waals surface area contributed by atoms with Gasteiger partial charge in [0, 0.05) is 24.0 Å². The number of aromatic nitrogens is 2. The van der Waals surface area contributed by atoms with E-state index in [0.29, 0.717) is 12.5 Å². The predicted molar refractivity (Wildman–Crippen MR) is 52.4 cm³/mol. The second-order valence-corrected chi connectivity index (χ2v) is 4.27. The van der Waals surface area contributed by atoms with Crippen LogP contribution in [0.2, 0.25) is 0 Å². The first-order valence-electron chi connectivity index (χ1n) is 3.93. The number of carbonyl (C=O) groups excluding carboxylic acids is 1. The molecule has 4 nitrogen and oxygen atoms in total. The number of hydrogen-bond acceptors (Lipinski definition) is 3. The zero-order chi connectivity index (χ0) is 9.84. The summed E-state index contributed by atoms with van der Waals surface area (Å²) in [4.78, 5) is 11.1. The van der Waals surface area contributed by atoms with E-state index >= 15 is 0 Å². The highest BCUT2D eigenvalue weighted by atomic mass is 79.9. The molecule has 0 amide bonds. The Morgan fingerprint density at radius 3 is 3.00 bits per heavy atom. The van der Waals surface area contributed by atoms with Gasteiger partial charge in [-0.05, 0) is 6.92 Å². The van der Waals surface area contributed by atoms with Crippen molar-refractivity contribution in [1.82, 2.24) is 9.78 Å². The predicted octanol–water partition coefficient (Wildman–Crippen LogP) is 1.71. The minimum atomic E-state index is -0.123. The van der Waals surface area contributed by atoms with Crippen molar-refractivity contribution in [3.8, 4) is 5.88 Å². The van der Waals surface area contributed by atoms with Crippen LogP contribution in [0, 0.1) is 0 Å². The van der Waals surface area contributed by atoms with Crippen molar-refractivity contribution in [2.45, 2.75) is 18.7 Å². The molecule has 1 unspecified atom stereocenters. The first-order valence-corrected chi connectivity index (χ1v) is 4.84. The zero-order valence-corrected chi connectivity index (χ0v) is 9.11. The highest BCUT2D eigenvalue weighted by Crippen LogP contribution is 2.07. The van der Waals surface area contributed by atoms with Gasteiger partial charge in [0.05, 0.1) is 0 Å². The summed E-state index contributed by atoms with van der Waals surface area (Å²) in [5.74, 6) is 0.350. The Morgan fingerprint density at radius 2 is 2.54 bits per heavy atom. The van der Waals surface area contributed by atoms with Crippen LogP contribution in [0.3, 0.4) is 0 Å². The van der Waals surface area contributed by atoms with Crippen LogP contribution >= 0.6 is 15.9 Å². The molecular formula is C8H11BrN2O2. The van der Waals surface area contributed by atoms with Crippen LogP contribution in [0.4, 0.5) is 0 Å². The Bertz CT molecular complexity index is 296. The highest BCUT2D eigenvalue weighted by Gasteiger charge is 2.03. The lowest BCUT2D eigenvalue weighted by Gasteiger charge is -2.03. The third-order valence-corrected chi connectivity index (χ3v) is 1.61. The molecule has 0 aliphatic carbocycles. The van der Waals surface area contributed by atoms with Crippen LogP contribution in [-0.4, -0.2) is 27.1 Å². The molecule has 1 rings (SSSR count). The SMILES string of the molecule is CC(=O)n1ccc(OCC(C)Br)n1. The normalized spacial score (nSPS) is 12.5. The Kier molecular flexibility index (Phi) is 3.48. The second-order valence-electron chi connectivity index (χ2n) is 2.71. The number of halogens is 1. The summed E-state index contributed by atoms with van der Waals surface area (Å²) in [6.07, 6.45) is 1.58. The third-order valence-electron chi connectivity index (χ3n) is 1.35. The van der Waals surface area contributed by atoms with Crippen LogP contribution in [0.1, 0.15) is 18.6 Å². The molecule has 5 heteroatoms. The molecule has 1 aromatic heterocycles. The number of ether oxygens (including phenoxy) is 1. The minimum Gasteiger partial charge on any atom is -0.475 e. The Labute approximate surface area is 85.0 Å². The van der Waals surface area contributed by atoms with Gasteiger partial charge >= 0.3 is 0 Å². The summed E-state index contributed by atoms with van der Waals surface area (Å²) in [6.45, 7) is 3.96. The lowest BCUT2D eigenvalue weighted by atomic mass is 10.5. The van der Waals surface area contributed by atoms with Crippen molar-refractivity contribution in [2.24, 2.45) is 0 Å². The number of hydrogen-bond donors (Lipinski definition) is 0. The standard InChI is InChI=1S/C8H11BrN2O2/c1-6(9)5-13-8-3-4-11(10-8)7(2)12/h3-4,6H,5H2,1-2H3. The second kappa shape index (κ2) is 4.41. The number of rotatable bonds is 3. The lowest BCUT2D eigenvalue weighted by Crippen LogP contribution is -2.09. The molecule has 0 aliphatic heterocycles. The Morgan fingerprint density at radius 1 is 1.85 bits per heavy atom. The first-order chi connectivity index (χ1) is 6.09. The quantitative estimate of drug-likeness (QED) is 0.763. The maximum atomic E-state index is 10.8. The van der Waals surface area contributed by atoms with Crippen LogP contribution in [0.5, 0.6) is 5.88 Å². The topological polar surface area (TPSA) is 44.1 Å².